The molecule has 32 heavy (non-hydrogen) atoms. The minimum atomic E-state index is -0.423. The molecule has 0 unspecified atom stereocenters. The molecule has 0 atom stereocenters. The number of nitrogens with zero attached hydrogens (tertiary/aromatic N) is 5. The highest BCUT2D eigenvalue weighted by atomic mass is 16.6. The number of aromatic nitrogens is 2. The summed E-state index contributed by atoms with van der Waals surface area (Å²) in [7, 11) is 0. The second-order valence-corrected chi connectivity index (χ2v) is 7.85. The number of aryl methyl sites for hydroxylation is 1. The van der Waals surface area contributed by atoms with Crippen LogP contribution in [0.25, 0.3) is 11.4 Å². The van der Waals surface area contributed by atoms with Gasteiger partial charge in [-0.15, -0.1) is 0 Å². The Labute approximate surface area is 184 Å². The van der Waals surface area contributed by atoms with E-state index in [-0.39, 0.29) is 11.8 Å². The van der Waals surface area contributed by atoms with Crippen molar-refractivity contribution in [2.45, 2.75) is 19.9 Å². The van der Waals surface area contributed by atoms with E-state index in [2.05, 4.69) is 16.0 Å². The van der Waals surface area contributed by atoms with Crippen LogP contribution >= 0.6 is 0 Å². The smallest absolute Gasteiger partial charge is 0.414 e. The van der Waals surface area contributed by atoms with Crippen molar-refractivity contribution in [2.75, 3.05) is 29.5 Å². The van der Waals surface area contributed by atoms with Crippen LogP contribution in [-0.4, -0.2) is 40.7 Å². The quantitative estimate of drug-likeness (QED) is 0.456. The topological polar surface area (TPSA) is 102 Å². The predicted octanol–water partition coefficient (Wildman–Crippen LogP) is 3.88. The number of cyclic esters (lactones) is 1. The van der Waals surface area contributed by atoms with Crippen molar-refractivity contribution in [1.29, 1.82) is 0 Å². The van der Waals surface area contributed by atoms with Gasteiger partial charge < -0.3 is 9.64 Å². The average molecular weight is 431 g/mol. The van der Waals surface area contributed by atoms with Crippen LogP contribution < -0.4 is 9.80 Å². The first kappa shape index (κ1) is 19.9. The van der Waals surface area contributed by atoms with Crippen LogP contribution in [0.2, 0.25) is 0 Å². The summed E-state index contributed by atoms with van der Waals surface area (Å²) in [5.74, 6) is 1.34. The average Bonchev–Trinajstić information content (AvgIpc) is 3.23. The number of nitro groups is 1. The zero-order valence-corrected chi connectivity index (χ0v) is 17.5. The number of hydrogen-bond acceptors (Lipinski definition) is 7. The number of ether oxygens (including phenoxy) is 1. The maximum atomic E-state index is 12.1. The molecule has 0 bridgehead atoms. The van der Waals surface area contributed by atoms with Crippen LogP contribution in [0.3, 0.4) is 0 Å². The van der Waals surface area contributed by atoms with E-state index in [9.17, 15) is 14.9 Å². The predicted molar refractivity (Wildman–Crippen MR) is 119 cm³/mol. The van der Waals surface area contributed by atoms with Gasteiger partial charge in [-0.3, -0.25) is 15.0 Å². The third kappa shape index (κ3) is 3.62. The molecule has 0 radical (unpaired) electrons. The van der Waals surface area contributed by atoms with E-state index >= 15 is 0 Å². The van der Waals surface area contributed by atoms with Gasteiger partial charge in [0.15, 0.2) is 5.82 Å². The van der Waals surface area contributed by atoms with Crippen LogP contribution in [0, 0.1) is 17.0 Å². The SMILES string of the molecule is Cc1cc(N2CCc3c(cccc3N3CCOC3=O)C2)nc(-c2ccc([N+](=O)[O-])cc2)n1. The fraction of sp³-hybridized carbons (Fsp3) is 0.261. The van der Waals surface area contributed by atoms with Gasteiger partial charge in [-0.2, -0.15) is 0 Å². The molecule has 0 spiro atoms. The van der Waals surface area contributed by atoms with Gasteiger partial charge in [0.1, 0.15) is 12.4 Å². The summed E-state index contributed by atoms with van der Waals surface area (Å²) in [6, 6.07) is 14.2. The molecule has 0 N–H and O–H groups in total. The minimum Gasteiger partial charge on any atom is -0.447 e. The molecule has 1 fully saturated rings. The Morgan fingerprint density at radius 1 is 1.09 bits per heavy atom. The van der Waals surface area contributed by atoms with Crippen molar-refractivity contribution >= 4 is 23.3 Å². The van der Waals surface area contributed by atoms with E-state index < -0.39 is 4.92 Å². The van der Waals surface area contributed by atoms with E-state index in [1.54, 1.807) is 17.0 Å². The number of anilines is 2. The Bertz CT molecular complexity index is 1210. The summed E-state index contributed by atoms with van der Waals surface area (Å²) in [6.07, 6.45) is 0.491. The van der Waals surface area contributed by atoms with Crippen molar-refractivity contribution < 1.29 is 14.5 Å². The van der Waals surface area contributed by atoms with Crippen LogP contribution in [-0.2, 0) is 17.7 Å². The van der Waals surface area contributed by atoms with E-state index in [0.29, 0.717) is 25.5 Å². The molecule has 0 aliphatic carbocycles. The Hall–Kier alpha value is -4.01. The summed E-state index contributed by atoms with van der Waals surface area (Å²) < 4.78 is 5.11. The molecule has 5 rings (SSSR count). The number of rotatable bonds is 4. The maximum Gasteiger partial charge on any atom is 0.414 e. The summed E-state index contributed by atoms with van der Waals surface area (Å²) in [6.45, 7) is 4.32. The Morgan fingerprint density at radius 2 is 1.91 bits per heavy atom. The molecule has 9 heteroatoms. The zero-order valence-electron chi connectivity index (χ0n) is 17.5. The molecule has 1 amide bonds. The number of carbonyl (C=O) groups excluding carboxylic acids is 1. The number of carbonyl (C=O) groups is 1. The lowest BCUT2D eigenvalue weighted by atomic mass is 9.97. The van der Waals surface area contributed by atoms with Gasteiger partial charge in [-0.25, -0.2) is 14.8 Å². The lowest BCUT2D eigenvalue weighted by Crippen LogP contribution is -2.33. The van der Waals surface area contributed by atoms with Crippen LogP contribution in [0.4, 0.5) is 22.0 Å². The number of benzene rings is 2. The molecule has 162 valence electrons. The number of hydrogen-bond donors (Lipinski definition) is 0. The lowest BCUT2D eigenvalue weighted by Gasteiger charge is -2.32. The molecule has 2 aromatic carbocycles. The van der Waals surface area contributed by atoms with E-state index in [0.717, 1.165) is 41.3 Å². The minimum absolute atomic E-state index is 0.0342. The number of non-ortho nitro benzene ring substituents is 1. The fourth-order valence-corrected chi connectivity index (χ4v) is 4.23. The molecule has 1 saturated heterocycles. The van der Waals surface area contributed by atoms with Crippen molar-refractivity contribution in [2.24, 2.45) is 0 Å². The first-order chi connectivity index (χ1) is 15.5. The first-order valence-corrected chi connectivity index (χ1v) is 10.4. The van der Waals surface area contributed by atoms with Gasteiger partial charge >= 0.3 is 6.09 Å². The van der Waals surface area contributed by atoms with Gasteiger partial charge in [-0.05, 0) is 42.7 Å². The van der Waals surface area contributed by atoms with Crippen molar-refractivity contribution in [3.05, 3.63) is 75.5 Å². The van der Waals surface area contributed by atoms with E-state index in [4.69, 9.17) is 9.72 Å². The summed E-state index contributed by atoms with van der Waals surface area (Å²) >= 11 is 0. The highest BCUT2D eigenvalue weighted by Gasteiger charge is 2.29. The van der Waals surface area contributed by atoms with E-state index in [1.165, 1.54) is 17.7 Å². The zero-order chi connectivity index (χ0) is 22.2. The number of fused-ring (bicyclic) bond motifs is 1. The van der Waals surface area contributed by atoms with Crippen LogP contribution in [0.15, 0.2) is 48.5 Å². The molecule has 3 heterocycles. The van der Waals surface area contributed by atoms with Crippen molar-refractivity contribution in [3.63, 3.8) is 0 Å². The molecule has 9 nitrogen and oxygen atoms in total. The highest BCUT2D eigenvalue weighted by Crippen LogP contribution is 2.32. The van der Waals surface area contributed by atoms with Crippen LogP contribution in [0.5, 0.6) is 0 Å². The standard InChI is InChI=1S/C23H21N5O4/c1-15-13-21(25-22(24-15)16-5-7-18(8-6-16)28(30)31)26-10-9-19-17(14-26)3-2-4-20(19)27-11-12-32-23(27)29/h2-8,13H,9-12,14H2,1H3. The third-order valence-corrected chi connectivity index (χ3v) is 5.79. The summed E-state index contributed by atoms with van der Waals surface area (Å²) in [5.41, 5.74) is 4.84. The Balaban J connectivity index is 1.43. The van der Waals surface area contributed by atoms with Gasteiger partial charge in [-0.1, -0.05) is 12.1 Å². The highest BCUT2D eigenvalue weighted by molar-refractivity contribution is 5.90. The molecule has 1 aromatic heterocycles. The molecule has 2 aliphatic heterocycles. The molecule has 2 aliphatic rings. The summed E-state index contributed by atoms with van der Waals surface area (Å²) in [4.78, 5) is 35.7. The molecular formula is C23H21N5O4. The van der Waals surface area contributed by atoms with Gasteiger partial charge in [0.2, 0.25) is 0 Å². The first-order valence-electron chi connectivity index (χ1n) is 10.4. The monoisotopic (exact) mass is 431 g/mol. The second-order valence-electron chi connectivity index (χ2n) is 7.85. The second kappa shape index (κ2) is 7.92. The van der Waals surface area contributed by atoms with Crippen molar-refractivity contribution in [3.8, 4) is 11.4 Å². The Kier molecular flexibility index (Phi) is 4.93. The Morgan fingerprint density at radius 3 is 2.62 bits per heavy atom. The largest absolute Gasteiger partial charge is 0.447 e. The van der Waals surface area contributed by atoms with Gasteiger partial charge in [0, 0.05) is 42.5 Å². The third-order valence-electron chi connectivity index (χ3n) is 5.79. The van der Waals surface area contributed by atoms with Gasteiger partial charge in [0.25, 0.3) is 5.69 Å². The van der Waals surface area contributed by atoms with E-state index in [1.807, 2.05) is 25.1 Å². The van der Waals surface area contributed by atoms with Crippen molar-refractivity contribution in [1.82, 2.24) is 9.97 Å². The maximum absolute atomic E-state index is 12.1. The van der Waals surface area contributed by atoms with Gasteiger partial charge in [0.05, 0.1) is 17.2 Å². The summed E-state index contributed by atoms with van der Waals surface area (Å²) in [5, 5.41) is 10.9. The lowest BCUT2D eigenvalue weighted by molar-refractivity contribution is -0.384. The van der Waals surface area contributed by atoms with Crippen LogP contribution in [0.1, 0.15) is 16.8 Å². The molecular weight excluding hydrogens is 410 g/mol. The molecule has 0 saturated carbocycles. The molecule has 3 aromatic rings. The number of amides is 1. The number of nitro benzene ring substituents is 1. The fourth-order valence-electron chi connectivity index (χ4n) is 4.23. The normalized spacial score (nSPS) is 15.5.